The van der Waals surface area contributed by atoms with Gasteiger partial charge in [-0.3, -0.25) is 9.36 Å². The molecular formula is C23H28N5O2S+. The molecule has 1 fully saturated rings. The number of carbonyl (C=O) groups excluding carboxylic acids is 1. The molecule has 2 N–H and O–H groups in total. The number of hydrogen-bond acceptors (Lipinski definition) is 5. The van der Waals surface area contributed by atoms with E-state index in [1.807, 2.05) is 56.3 Å². The minimum atomic E-state index is -0.0556. The number of carbonyl (C=O) groups is 1. The van der Waals surface area contributed by atoms with Crippen LogP contribution in [0.4, 0.5) is 5.69 Å². The van der Waals surface area contributed by atoms with Gasteiger partial charge in [0.25, 0.3) is 0 Å². The summed E-state index contributed by atoms with van der Waals surface area (Å²) in [6, 6.07) is 16.1. The molecule has 0 bridgehead atoms. The molecular weight excluding hydrogens is 410 g/mol. The highest BCUT2D eigenvalue weighted by Gasteiger charge is 2.22. The summed E-state index contributed by atoms with van der Waals surface area (Å²) in [6.07, 6.45) is 0. The Morgan fingerprint density at radius 2 is 1.90 bits per heavy atom. The monoisotopic (exact) mass is 438 g/mol. The van der Waals surface area contributed by atoms with E-state index in [1.54, 1.807) is 0 Å². The Morgan fingerprint density at radius 1 is 1.13 bits per heavy atom. The fraction of sp³-hybridized carbons (Fsp3) is 0.348. The first-order valence-electron chi connectivity index (χ1n) is 10.5. The number of nitrogens with zero attached hydrogens (tertiary/aromatic N) is 3. The first-order valence-corrected chi connectivity index (χ1v) is 11.5. The number of thioether (sulfide) groups is 1. The maximum atomic E-state index is 12.6. The zero-order valence-corrected chi connectivity index (χ0v) is 18.7. The van der Waals surface area contributed by atoms with Gasteiger partial charge in [0.05, 0.1) is 19.0 Å². The predicted octanol–water partition coefficient (Wildman–Crippen LogP) is 2.03. The fourth-order valence-electron chi connectivity index (χ4n) is 3.68. The molecule has 31 heavy (non-hydrogen) atoms. The highest BCUT2D eigenvalue weighted by Crippen LogP contribution is 2.23. The van der Waals surface area contributed by atoms with E-state index in [4.69, 9.17) is 4.74 Å². The molecule has 1 aromatic heterocycles. The standard InChI is InChI=1S/C23H27N5O2S/c1-17-8-9-20(18(2)14-17)24-22(29)16-31-23-26-25-21(15-27-10-12-30-13-11-27)28(23)19-6-4-3-5-7-19/h3-9,14H,10-13,15-16H2,1-2H3,(H,24,29)/p+1. The highest BCUT2D eigenvalue weighted by molar-refractivity contribution is 7.99. The van der Waals surface area contributed by atoms with Gasteiger partial charge in [-0.15, -0.1) is 10.2 Å². The van der Waals surface area contributed by atoms with Crippen LogP contribution in [-0.4, -0.2) is 52.7 Å². The molecule has 1 aliphatic heterocycles. The van der Waals surface area contributed by atoms with Crippen molar-refractivity contribution in [3.8, 4) is 5.69 Å². The number of ether oxygens (including phenoxy) is 1. The number of nitrogens with one attached hydrogen (secondary N) is 2. The highest BCUT2D eigenvalue weighted by atomic mass is 32.2. The second kappa shape index (κ2) is 10.1. The number of benzene rings is 2. The van der Waals surface area contributed by atoms with Crippen molar-refractivity contribution in [2.75, 3.05) is 37.4 Å². The van der Waals surface area contributed by atoms with Crippen LogP contribution < -0.4 is 10.2 Å². The molecule has 2 heterocycles. The molecule has 2 aromatic carbocycles. The Hall–Kier alpha value is -2.68. The first kappa shape index (κ1) is 21.5. The summed E-state index contributed by atoms with van der Waals surface area (Å²) in [5.74, 6) is 1.11. The third-order valence-corrected chi connectivity index (χ3v) is 6.24. The van der Waals surface area contributed by atoms with Crippen LogP contribution in [0.15, 0.2) is 53.7 Å². The van der Waals surface area contributed by atoms with Gasteiger partial charge >= 0.3 is 0 Å². The molecule has 0 spiro atoms. The Balaban J connectivity index is 1.48. The van der Waals surface area contributed by atoms with Gasteiger partial charge in [-0.1, -0.05) is 47.7 Å². The van der Waals surface area contributed by atoms with Crippen molar-refractivity contribution in [1.29, 1.82) is 0 Å². The van der Waals surface area contributed by atoms with Gasteiger partial charge in [-0.05, 0) is 37.6 Å². The fourth-order valence-corrected chi connectivity index (χ4v) is 4.45. The Labute approximate surface area is 186 Å². The van der Waals surface area contributed by atoms with Gasteiger partial charge in [0.15, 0.2) is 11.0 Å². The van der Waals surface area contributed by atoms with Gasteiger partial charge in [-0.2, -0.15) is 0 Å². The molecule has 1 saturated heterocycles. The zero-order chi connectivity index (χ0) is 21.6. The van der Waals surface area contributed by atoms with Gasteiger partial charge in [0, 0.05) is 11.4 Å². The van der Waals surface area contributed by atoms with Crippen molar-refractivity contribution in [3.63, 3.8) is 0 Å². The van der Waals surface area contributed by atoms with Gasteiger partial charge < -0.3 is 15.0 Å². The van der Waals surface area contributed by atoms with Crippen molar-refractivity contribution in [2.45, 2.75) is 25.5 Å². The predicted molar refractivity (Wildman–Crippen MR) is 122 cm³/mol. The molecule has 0 radical (unpaired) electrons. The van der Waals surface area contributed by atoms with Crippen molar-refractivity contribution < 1.29 is 14.4 Å². The summed E-state index contributed by atoms with van der Waals surface area (Å²) in [4.78, 5) is 14.0. The van der Waals surface area contributed by atoms with Crippen LogP contribution in [0.5, 0.6) is 0 Å². The normalized spacial score (nSPS) is 14.5. The maximum absolute atomic E-state index is 12.6. The van der Waals surface area contributed by atoms with Gasteiger partial charge in [-0.25, -0.2) is 0 Å². The number of aromatic nitrogens is 3. The van der Waals surface area contributed by atoms with E-state index >= 15 is 0 Å². The average Bonchev–Trinajstić information content (AvgIpc) is 3.18. The molecule has 8 heteroatoms. The van der Waals surface area contributed by atoms with E-state index < -0.39 is 0 Å². The van der Waals surface area contributed by atoms with Crippen molar-refractivity contribution in [2.24, 2.45) is 0 Å². The number of amides is 1. The Kier molecular flexibility index (Phi) is 7.01. The summed E-state index contributed by atoms with van der Waals surface area (Å²) < 4.78 is 7.54. The smallest absolute Gasteiger partial charge is 0.234 e. The minimum absolute atomic E-state index is 0.0556. The van der Waals surface area contributed by atoms with Crippen molar-refractivity contribution >= 4 is 23.4 Å². The summed E-state index contributed by atoms with van der Waals surface area (Å²) in [7, 11) is 0. The van der Waals surface area contributed by atoms with E-state index in [1.165, 1.54) is 22.2 Å². The number of aryl methyl sites for hydroxylation is 2. The molecule has 1 aliphatic rings. The number of para-hydroxylation sites is 1. The number of hydrogen-bond donors (Lipinski definition) is 2. The maximum Gasteiger partial charge on any atom is 0.234 e. The topological polar surface area (TPSA) is 73.5 Å². The number of anilines is 1. The number of rotatable bonds is 7. The van der Waals surface area contributed by atoms with Crippen LogP contribution in [0.1, 0.15) is 17.0 Å². The molecule has 0 saturated carbocycles. The van der Waals surface area contributed by atoms with Crippen molar-refractivity contribution in [3.05, 3.63) is 65.5 Å². The van der Waals surface area contributed by atoms with Crippen LogP contribution in [0, 0.1) is 13.8 Å². The lowest BCUT2D eigenvalue weighted by atomic mass is 10.1. The largest absolute Gasteiger partial charge is 0.370 e. The molecule has 162 valence electrons. The van der Waals surface area contributed by atoms with E-state index in [0.717, 1.165) is 60.8 Å². The quantitative estimate of drug-likeness (QED) is 0.552. The lowest BCUT2D eigenvalue weighted by Gasteiger charge is -2.23. The Morgan fingerprint density at radius 3 is 2.65 bits per heavy atom. The van der Waals surface area contributed by atoms with E-state index in [9.17, 15) is 4.79 Å². The molecule has 4 rings (SSSR count). The van der Waals surface area contributed by atoms with Crippen LogP contribution in [-0.2, 0) is 16.1 Å². The van der Waals surface area contributed by atoms with Gasteiger partial charge in [0.2, 0.25) is 5.91 Å². The zero-order valence-electron chi connectivity index (χ0n) is 17.9. The van der Waals surface area contributed by atoms with E-state index in [2.05, 4.69) is 26.1 Å². The third-order valence-electron chi connectivity index (χ3n) is 5.31. The lowest BCUT2D eigenvalue weighted by Crippen LogP contribution is -3.12. The minimum Gasteiger partial charge on any atom is -0.370 e. The summed E-state index contributed by atoms with van der Waals surface area (Å²) in [5.41, 5.74) is 4.09. The van der Waals surface area contributed by atoms with Crippen LogP contribution in [0.3, 0.4) is 0 Å². The van der Waals surface area contributed by atoms with Crippen molar-refractivity contribution in [1.82, 2.24) is 14.8 Å². The molecule has 0 atom stereocenters. The van der Waals surface area contributed by atoms with E-state index in [-0.39, 0.29) is 11.7 Å². The summed E-state index contributed by atoms with van der Waals surface area (Å²) in [5, 5.41) is 12.6. The Bertz CT molecular complexity index is 1030. The summed E-state index contributed by atoms with van der Waals surface area (Å²) in [6.45, 7) is 8.29. The van der Waals surface area contributed by atoms with Crippen LogP contribution >= 0.6 is 11.8 Å². The second-order valence-corrected chi connectivity index (χ2v) is 8.71. The molecule has 1 amide bonds. The number of morpholine rings is 1. The van der Waals surface area contributed by atoms with Crippen LogP contribution in [0.2, 0.25) is 0 Å². The third kappa shape index (κ3) is 5.52. The first-order chi connectivity index (χ1) is 15.1. The average molecular weight is 439 g/mol. The lowest BCUT2D eigenvalue weighted by molar-refractivity contribution is -0.922. The number of quaternary nitrogens is 1. The molecule has 7 nitrogen and oxygen atoms in total. The SMILES string of the molecule is Cc1ccc(NC(=O)CSc2nnc(C[NH+]3CCOCC3)n2-c2ccccc2)c(C)c1. The molecule has 0 unspecified atom stereocenters. The summed E-state index contributed by atoms with van der Waals surface area (Å²) >= 11 is 1.40. The van der Waals surface area contributed by atoms with E-state index in [0.29, 0.717) is 0 Å². The van der Waals surface area contributed by atoms with Gasteiger partial charge in [0.1, 0.15) is 19.6 Å². The molecule has 3 aromatic rings. The molecule has 0 aliphatic carbocycles. The van der Waals surface area contributed by atoms with Crippen LogP contribution in [0.25, 0.3) is 5.69 Å². The second-order valence-electron chi connectivity index (χ2n) is 7.76.